The number of aryl methyl sites for hydroxylation is 1. The van der Waals surface area contributed by atoms with Crippen LogP contribution in [0.2, 0.25) is 0 Å². The van der Waals surface area contributed by atoms with Crippen molar-refractivity contribution in [3.8, 4) is 0 Å². The summed E-state index contributed by atoms with van der Waals surface area (Å²) in [6, 6.07) is -0.287. The Morgan fingerprint density at radius 3 is 2.83 bits per heavy atom. The molecule has 0 saturated carbocycles. The number of aromatic amines is 1. The molecular weight excluding hydrogens is 341 g/mol. The molecule has 0 aliphatic carbocycles. The summed E-state index contributed by atoms with van der Waals surface area (Å²) < 4.78 is 0. The number of hydrogen-bond acceptors (Lipinski definition) is 6. The van der Waals surface area contributed by atoms with Gasteiger partial charge in [-0.2, -0.15) is 0 Å². The molecule has 1 fully saturated rings. The van der Waals surface area contributed by atoms with Crippen molar-refractivity contribution < 1.29 is 49.4 Å². The Balaban J connectivity index is 0.00000208. The van der Waals surface area contributed by atoms with E-state index in [0.29, 0.717) is 10.7 Å². The Bertz CT molecular complexity index is 662. The summed E-state index contributed by atoms with van der Waals surface area (Å²) in [5.74, 6) is -1.65. The number of thioether (sulfide) groups is 1. The number of carboxylic acids is 1. The summed E-state index contributed by atoms with van der Waals surface area (Å²) in [6.07, 6.45) is 3.26. The molecule has 9 heteroatoms. The SMILES string of the molecule is C[C@@H](O)[C@H]1C(=O)N2C(C(=O)[O-])=C(SCCc3cnc[nH]3)[C@H](C)[C@H]12.[Na+]. The van der Waals surface area contributed by atoms with Gasteiger partial charge in [0, 0.05) is 28.5 Å². The first kappa shape index (κ1) is 19.5. The van der Waals surface area contributed by atoms with Crippen molar-refractivity contribution in [2.45, 2.75) is 32.4 Å². The first-order valence-electron chi connectivity index (χ1n) is 7.50. The second kappa shape index (κ2) is 7.61. The predicted octanol–water partition coefficient (Wildman–Crippen LogP) is -3.49. The zero-order chi connectivity index (χ0) is 16.7. The summed E-state index contributed by atoms with van der Waals surface area (Å²) in [5, 5.41) is 21.3. The summed E-state index contributed by atoms with van der Waals surface area (Å²) in [6.45, 7) is 3.46. The van der Waals surface area contributed by atoms with Crippen molar-refractivity contribution >= 4 is 23.6 Å². The molecular formula is C15H18N3NaO4S. The molecule has 0 unspecified atom stereocenters. The van der Waals surface area contributed by atoms with Gasteiger partial charge in [0.05, 0.1) is 36.1 Å². The molecule has 1 saturated heterocycles. The summed E-state index contributed by atoms with van der Waals surface area (Å²) in [7, 11) is 0. The van der Waals surface area contributed by atoms with Crippen LogP contribution in [0.25, 0.3) is 0 Å². The van der Waals surface area contributed by atoms with Crippen molar-refractivity contribution in [1.82, 2.24) is 14.9 Å². The van der Waals surface area contributed by atoms with Gasteiger partial charge >= 0.3 is 29.6 Å². The van der Waals surface area contributed by atoms with Crippen molar-refractivity contribution in [2.24, 2.45) is 11.8 Å². The molecule has 124 valence electrons. The largest absolute Gasteiger partial charge is 1.00 e. The van der Waals surface area contributed by atoms with E-state index in [0.717, 1.165) is 12.1 Å². The molecule has 3 heterocycles. The van der Waals surface area contributed by atoms with Gasteiger partial charge in [0.15, 0.2) is 0 Å². The Hall–Kier alpha value is -0.800. The molecule has 0 aromatic carbocycles. The fraction of sp³-hybridized carbons (Fsp3) is 0.533. The number of nitrogens with zero attached hydrogens (tertiary/aromatic N) is 2. The van der Waals surface area contributed by atoms with Gasteiger partial charge in [0.25, 0.3) is 0 Å². The predicted molar refractivity (Wildman–Crippen MR) is 81.8 cm³/mol. The van der Waals surface area contributed by atoms with Gasteiger partial charge in [-0.25, -0.2) is 4.98 Å². The number of aromatic nitrogens is 2. The second-order valence-corrected chi connectivity index (χ2v) is 7.07. The molecule has 2 aliphatic heterocycles. The van der Waals surface area contributed by atoms with Gasteiger partial charge in [-0.3, -0.25) is 4.79 Å². The maximum atomic E-state index is 12.2. The molecule has 24 heavy (non-hydrogen) atoms. The maximum Gasteiger partial charge on any atom is 1.00 e. The minimum absolute atomic E-state index is 0. The Labute approximate surface area is 166 Å². The van der Waals surface area contributed by atoms with E-state index in [1.807, 2.05) is 6.92 Å². The second-order valence-electron chi connectivity index (χ2n) is 5.93. The van der Waals surface area contributed by atoms with Crippen LogP contribution in [0.5, 0.6) is 0 Å². The van der Waals surface area contributed by atoms with Crippen LogP contribution in [0.4, 0.5) is 0 Å². The summed E-state index contributed by atoms with van der Waals surface area (Å²) >= 11 is 1.43. The van der Waals surface area contributed by atoms with E-state index in [-0.39, 0.29) is 53.1 Å². The number of carboxylic acid groups (broad SMARTS) is 1. The molecule has 3 rings (SSSR count). The van der Waals surface area contributed by atoms with E-state index in [9.17, 15) is 19.8 Å². The maximum absolute atomic E-state index is 12.2. The molecule has 7 nitrogen and oxygen atoms in total. The van der Waals surface area contributed by atoms with E-state index < -0.39 is 18.0 Å². The fourth-order valence-electron chi connectivity index (χ4n) is 3.40. The van der Waals surface area contributed by atoms with E-state index in [2.05, 4.69) is 9.97 Å². The first-order valence-corrected chi connectivity index (χ1v) is 8.48. The van der Waals surface area contributed by atoms with E-state index in [1.165, 1.54) is 16.7 Å². The molecule has 2 N–H and O–H groups in total. The third kappa shape index (κ3) is 3.17. The smallest absolute Gasteiger partial charge is 0.543 e. The first-order chi connectivity index (χ1) is 10.9. The van der Waals surface area contributed by atoms with Crippen LogP contribution in [-0.4, -0.2) is 49.7 Å². The quantitative estimate of drug-likeness (QED) is 0.403. The Morgan fingerprint density at radius 2 is 2.29 bits per heavy atom. The number of aliphatic carboxylic acids is 1. The number of carbonyl (C=O) groups is 2. The Morgan fingerprint density at radius 1 is 1.58 bits per heavy atom. The third-order valence-electron chi connectivity index (χ3n) is 4.49. The number of carbonyl (C=O) groups excluding carboxylic acids is 2. The molecule has 1 aromatic rings. The minimum atomic E-state index is -1.33. The number of amides is 1. The monoisotopic (exact) mass is 359 g/mol. The van der Waals surface area contributed by atoms with Crippen LogP contribution in [0, 0.1) is 11.8 Å². The average molecular weight is 359 g/mol. The van der Waals surface area contributed by atoms with Crippen molar-refractivity contribution in [1.29, 1.82) is 0 Å². The van der Waals surface area contributed by atoms with Gasteiger partial charge in [0.1, 0.15) is 0 Å². The number of rotatable bonds is 6. The molecule has 1 aromatic heterocycles. The molecule has 2 aliphatic rings. The number of imidazole rings is 1. The number of fused-ring (bicyclic) bond motifs is 1. The van der Waals surface area contributed by atoms with Crippen molar-refractivity contribution in [3.63, 3.8) is 0 Å². The van der Waals surface area contributed by atoms with Gasteiger partial charge in [-0.15, -0.1) is 11.8 Å². The van der Waals surface area contributed by atoms with Crippen LogP contribution in [0.3, 0.4) is 0 Å². The van der Waals surface area contributed by atoms with Gasteiger partial charge < -0.3 is 24.9 Å². The zero-order valence-corrected chi connectivity index (χ0v) is 16.7. The number of aliphatic hydroxyl groups excluding tert-OH is 1. The van der Waals surface area contributed by atoms with E-state index >= 15 is 0 Å². The summed E-state index contributed by atoms with van der Waals surface area (Å²) in [4.78, 5) is 32.6. The van der Waals surface area contributed by atoms with Crippen LogP contribution >= 0.6 is 11.8 Å². The number of aliphatic hydroxyl groups is 1. The van der Waals surface area contributed by atoms with Crippen LogP contribution in [-0.2, 0) is 16.0 Å². The van der Waals surface area contributed by atoms with Gasteiger partial charge in [-0.1, -0.05) is 6.92 Å². The molecule has 0 spiro atoms. The molecule has 1 amide bonds. The molecule has 4 atom stereocenters. The Kier molecular flexibility index (Phi) is 6.19. The summed E-state index contributed by atoms with van der Waals surface area (Å²) in [5.41, 5.74) is 0.943. The number of β-lactam (4-membered cyclic amide) rings is 1. The van der Waals surface area contributed by atoms with E-state index in [1.54, 1.807) is 19.4 Å². The molecule has 0 radical (unpaired) electrons. The van der Waals surface area contributed by atoms with E-state index in [4.69, 9.17) is 0 Å². The normalized spacial score (nSPS) is 26.7. The number of nitrogens with one attached hydrogen (secondary N) is 1. The number of hydrogen-bond donors (Lipinski definition) is 2. The van der Waals surface area contributed by atoms with Crippen LogP contribution in [0.15, 0.2) is 23.1 Å². The zero-order valence-electron chi connectivity index (χ0n) is 13.9. The van der Waals surface area contributed by atoms with Crippen LogP contribution in [0.1, 0.15) is 19.5 Å². The average Bonchev–Trinajstić information content (AvgIpc) is 3.05. The third-order valence-corrected chi connectivity index (χ3v) is 5.77. The topological polar surface area (TPSA) is 109 Å². The van der Waals surface area contributed by atoms with Crippen molar-refractivity contribution in [2.75, 3.05) is 5.75 Å². The van der Waals surface area contributed by atoms with Gasteiger partial charge in [-0.05, 0) is 13.3 Å². The van der Waals surface area contributed by atoms with Gasteiger partial charge in [0.2, 0.25) is 5.91 Å². The standard InChI is InChI=1S/C15H19N3O4S.Na/c1-7-11-10(8(2)19)14(20)18(11)12(15(21)22)13(7)23-4-3-9-5-16-6-17-9;/h5-8,10-11,19H,3-4H2,1-2H3,(H,16,17)(H,21,22);/q;+1/p-1/t7-,8-,10-,11-;/m1./s1. The number of H-pyrrole nitrogens is 1. The fourth-order valence-corrected chi connectivity index (χ4v) is 4.66. The molecule has 0 bridgehead atoms. The van der Waals surface area contributed by atoms with Crippen LogP contribution < -0.4 is 34.7 Å². The van der Waals surface area contributed by atoms with Crippen molar-refractivity contribution in [3.05, 3.63) is 28.8 Å². The minimum Gasteiger partial charge on any atom is -0.543 e.